The molecule has 3 rings (SSSR count). The van der Waals surface area contributed by atoms with Crippen molar-refractivity contribution in [2.75, 3.05) is 0 Å². The number of azo groups is 1. The minimum Gasteiger partial charge on any atom is -0.493 e. The molecule has 0 atom stereocenters. The number of aromatic amines is 1. The summed E-state index contributed by atoms with van der Waals surface area (Å²) in [6.07, 6.45) is 0. The second-order valence-corrected chi connectivity index (χ2v) is 5.88. The Hall–Kier alpha value is -2.18. The second-order valence-electron chi connectivity index (χ2n) is 4.53. The van der Waals surface area contributed by atoms with Gasteiger partial charge in [0.1, 0.15) is 0 Å². The smallest absolute Gasteiger partial charge is 0.295 e. The molecule has 2 aromatic carbocycles. The molecule has 110 valence electrons. The third-order valence-electron chi connectivity index (χ3n) is 3.03. The van der Waals surface area contributed by atoms with E-state index in [-0.39, 0.29) is 11.6 Å². The molecule has 0 fully saturated rings. The monoisotopic (exact) mass is 377 g/mol. The van der Waals surface area contributed by atoms with Crippen LogP contribution in [0.1, 0.15) is 10.4 Å². The summed E-state index contributed by atoms with van der Waals surface area (Å²) in [6, 6.07) is 11.8. The minimum absolute atomic E-state index is 0.143. The van der Waals surface area contributed by atoms with Crippen molar-refractivity contribution in [3.8, 4) is 5.88 Å². The van der Waals surface area contributed by atoms with E-state index in [0.717, 1.165) is 4.47 Å². The topological polar surface area (TPSA) is 77.8 Å². The highest BCUT2D eigenvalue weighted by Gasteiger charge is 2.12. The molecule has 0 saturated heterocycles. The van der Waals surface area contributed by atoms with Crippen LogP contribution in [0.5, 0.6) is 5.88 Å². The summed E-state index contributed by atoms with van der Waals surface area (Å²) >= 11 is 9.19. The van der Waals surface area contributed by atoms with E-state index in [0.29, 0.717) is 21.5 Å². The van der Waals surface area contributed by atoms with E-state index < -0.39 is 5.91 Å². The average molecular weight is 379 g/mol. The fourth-order valence-electron chi connectivity index (χ4n) is 2.01. The van der Waals surface area contributed by atoms with Gasteiger partial charge in [0.2, 0.25) is 5.88 Å². The van der Waals surface area contributed by atoms with Gasteiger partial charge in [0.15, 0.2) is 5.69 Å². The van der Waals surface area contributed by atoms with Crippen molar-refractivity contribution >= 4 is 50.0 Å². The number of hydrogen-bond donors (Lipinski definition) is 2. The molecule has 22 heavy (non-hydrogen) atoms. The lowest BCUT2D eigenvalue weighted by Gasteiger charge is -1.95. The van der Waals surface area contributed by atoms with Crippen molar-refractivity contribution < 1.29 is 9.90 Å². The molecule has 0 saturated carbocycles. The first-order chi connectivity index (χ1) is 10.5. The molecule has 0 radical (unpaired) electrons. The van der Waals surface area contributed by atoms with Crippen molar-refractivity contribution in [2.24, 2.45) is 10.2 Å². The van der Waals surface area contributed by atoms with E-state index in [4.69, 9.17) is 11.6 Å². The summed E-state index contributed by atoms with van der Waals surface area (Å²) in [5, 5.41) is 18.5. The SMILES string of the molecule is O=C(N=Nc1c(O)[nH]c2ccc(Br)cc12)c1cccc(Cl)c1. The standard InChI is InChI=1S/C15H9BrClN3O2/c16-9-4-5-12-11(7-9)13(15(22)18-12)19-20-14(21)8-2-1-3-10(17)6-8/h1-7,18,22H. The van der Waals surface area contributed by atoms with Gasteiger partial charge in [-0.3, -0.25) is 4.79 Å². The van der Waals surface area contributed by atoms with Gasteiger partial charge in [0, 0.05) is 20.4 Å². The Morgan fingerprint density at radius 3 is 2.82 bits per heavy atom. The van der Waals surface area contributed by atoms with Gasteiger partial charge in [0.05, 0.1) is 5.52 Å². The Morgan fingerprint density at radius 1 is 1.23 bits per heavy atom. The van der Waals surface area contributed by atoms with Crippen LogP contribution in [0, 0.1) is 0 Å². The zero-order chi connectivity index (χ0) is 15.7. The zero-order valence-corrected chi connectivity index (χ0v) is 13.4. The number of aromatic hydroxyl groups is 1. The van der Waals surface area contributed by atoms with Crippen molar-refractivity contribution in [2.45, 2.75) is 0 Å². The molecule has 0 bridgehead atoms. The molecule has 0 unspecified atom stereocenters. The normalized spacial score (nSPS) is 11.4. The second kappa shape index (κ2) is 5.90. The van der Waals surface area contributed by atoms with Gasteiger partial charge < -0.3 is 10.1 Å². The van der Waals surface area contributed by atoms with Gasteiger partial charge >= 0.3 is 0 Å². The van der Waals surface area contributed by atoms with Crippen LogP contribution in [-0.2, 0) is 0 Å². The van der Waals surface area contributed by atoms with Crippen LogP contribution in [0.25, 0.3) is 10.9 Å². The Balaban J connectivity index is 1.97. The van der Waals surface area contributed by atoms with Gasteiger partial charge in [-0.05, 0) is 36.4 Å². The highest BCUT2D eigenvalue weighted by atomic mass is 79.9. The number of rotatable bonds is 2. The number of nitrogens with zero attached hydrogens (tertiary/aromatic N) is 2. The van der Waals surface area contributed by atoms with E-state index in [1.165, 1.54) is 6.07 Å². The van der Waals surface area contributed by atoms with E-state index in [1.54, 1.807) is 30.3 Å². The number of H-pyrrole nitrogens is 1. The van der Waals surface area contributed by atoms with Gasteiger partial charge in [0.25, 0.3) is 5.91 Å². The number of aromatic nitrogens is 1. The van der Waals surface area contributed by atoms with E-state index in [9.17, 15) is 9.90 Å². The van der Waals surface area contributed by atoms with Crippen LogP contribution < -0.4 is 0 Å². The summed E-state index contributed by atoms with van der Waals surface area (Å²) < 4.78 is 0.830. The van der Waals surface area contributed by atoms with Gasteiger partial charge in [-0.2, -0.15) is 0 Å². The number of benzene rings is 2. The predicted molar refractivity (Wildman–Crippen MR) is 88.0 cm³/mol. The van der Waals surface area contributed by atoms with E-state index in [1.807, 2.05) is 6.07 Å². The van der Waals surface area contributed by atoms with E-state index in [2.05, 4.69) is 31.1 Å². The number of hydrogen-bond acceptors (Lipinski definition) is 3. The summed E-state index contributed by atoms with van der Waals surface area (Å²) in [4.78, 5) is 14.8. The molecule has 3 aromatic rings. The number of carbonyl (C=O) groups excluding carboxylic acids is 1. The van der Waals surface area contributed by atoms with Crippen molar-refractivity contribution in [1.29, 1.82) is 0 Å². The predicted octanol–water partition coefficient (Wildman–Crippen LogP) is 5.21. The number of fused-ring (bicyclic) bond motifs is 1. The molecule has 7 heteroatoms. The first kappa shape index (κ1) is 14.7. The Kier molecular flexibility index (Phi) is 3.96. The van der Waals surface area contributed by atoms with Crippen LogP contribution >= 0.6 is 27.5 Å². The highest BCUT2D eigenvalue weighted by Crippen LogP contribution is 2.36. The number of carbonyl (C=O) groups is 1. The number of halogens is 2. The lowest BCUT2D eigenvalue weighted by atomic mass is 10.2. The molecular formula is C15H9BrClN3O2. The first-order valence-corrected chi connectivity index (χ1v) is 7.43. The Bertz CT molecular complexity index is 905. The lowest BCUT2D eigenvalue weighted by Crippen LogP contribution is -1.92. The number of nitrogens with one attached hydrogen (secondary N) is 1. The molecular weight excluding hydrogens is 370 g/mol. The fraction of sp³-hybridized carbons (Fsp3) is 0. The molecule has 0 spiro atoms. The average Bonchev–Trinajstić information content (AvgIpc) is 2.80. The Morgan fingerprint density at radius 2 is 2.05 bits per heavy atom. The summed E-state index contributed by atoms with van der Waals surface area (Å²) in [5.41, 5.74) is 1.24. The lowest BCUT2D eigenvalue weighted by molar-refractivity contribution is 0.0995. The quantitative estimate of drug-likeness (QED) is 0.600. The van der Waals surface area contributed by atoms with E-state index >= 15 is 0 Å². The summed E-state index contributed by atoms with van der Waals surface area (Å²) in [7, 11) is 0. The maximum atomic E-state index is 12.0. The van der Waals surface area contributed by atoms with Gasteiger partial charge in [-0.25, -0.2) is 0 Å². The maximum Gasteiger partial charge on any atom is 0.295 e. The molecule has 0 aliphatic rings. The third-order valence-corrected chi connectivity index (χ3v) is 3.75. The van der Waals surface area contributed by atoms with Crippen LogP contribution in [0.3, 0.4) is 0 Å². The Labute approximate surface area is 138 Å². The third kappa shape index (κ3) is 2.88. The van der Waals surface area contributed by atoms with Crippen molar-refractivity contribution in [1.82, 2.24) is 4.98 Å². The molecule has 5 nitrogen and oxygen atoms in total. The van der Waals surface area contributed by atoms with Crippen LogP contribution in [0.2, 0.25) is 5.02 Å². The summed E-state index contributed by atoms with van der Waals surface area (Å²) in [6.45, 7) is 0. The van der Waals surface area contributed by atoms with Crippen molar-refractivity contribution in [3.63, 3.8) is 0 Å². The molecule has 0 aliphatic heterocycles. The first-order valence-electron chi connectivity index (χ1n) is 6.26. The zero-order valence-electron chi connectivity index (χ0n) is 11.0. The number of amides is 1. The van der Waals surface area contributed by atoms with Crippen LogP contribution in [0.15, 0.2) is 57.2 Å². The minimum atomic E-state index is -0.536. The van der Waals surface area contributed by atoms with Crippen molar-refractivity contribution in [3.05, 3.63) is 57.5 Å². The largest absolute Gasteiger partial charge is 0.493 e. The molecule has 1 aromatic heterocycles. The van der Waals surface area contributed by atoms with Gasteiger partial charge in [-0.15, -0.1) is 10.2 Å². The molecule has 0 aliphatic carbocycles. The van der Waals surface area contributed by atoms with Gasteiger partial charge in [-0.1, -0.05) is 33.6 Å². The molecule has 1 heterocycles. The highest BCUT2D eigenvalue weighted by molar-refractivity contribution is 9.10. The van der Waals surface area contributed by atoms with Crippen LogP contribution in [-0.4, -0.2) is 16.0 Å². The molecule has 1 amide bonds. The fourth-order valence-corrected chi connectivity index (χ4v) is 2.56. The van der Waals surface area contributed by atoms with Crippen LogP contribution in [0.4, 0.5) is 5.69 Å². The summed E-state index contributed by atoms with van der Waals surface area (Å²) in [5.74, 6) is -0.679. The molecule has 2 N–H and O–H groups in total. The maximum absolute atomic E-state index is 12.0.